The number of ether oxygens (including phenoxy) is 1. The summed E-state index contributed by atoms with van der Waals surface area (Å²) in [5.41, 5.74) is 5.89. The van der Waals surface area contributed by atoms with Crippen molar-refractivity contribution < 1.29 is 9.53 Å². The quantitative estimate of drug-likeness (QED) is 0.828. The van der Waals surface area contributed by atoms with Gasteiger partial charge in [0.15, 0.2) is 0 Å². The molecule has 0 aliphatic heterocycles. The summed E-state index contributed by atoms with van der Waals surface area (Å²) in [6.07, 6.45) is -0.591. The molecule has 1 aromatic carbocycles. The molecule has 0 fully saturated rings. The predicted octanol–water partition coefficient (Wildman–Crippen LogP) is 1.73. The van der Waals surface area contributed by atoms with Gasteiger partial charge in [0.2, 0.25) is 5.91 Å². The van der Waals surface area contributed by atoms with Gasteiger partial charge in [-0.25, -0.2) is 0 Å². The van der Waals surface area contributed by atoms with Gasteiger partial charge in [0.05, 0.1) is 6.61 Å². The maximum absolute atomic E-state index is 10.7. The van der Waals surface area contributed by atoms with E-state index in [-0.39, 0.29) is 0 Å². The summed E-state index contributed by atoms with van der Waals surface area (Å²) in [5, 5.41) is 0.629. The van der Waals surface area contributed by atoms with Crippen LogP contribution < -0.4 is 5.73 Å². The Morgan fingerprint density at radius 1 is 1.57 bits per heavy atom. The molecule has 0 saturated carbocycles. The van der Waals surface area contributed by atoms with E-state index < -0.39 is 12.0 Å². The van der Waals surface area contributed by atoms with Crippen molar-refractivity contribution in [3.8, 4) is 0 Å². The number of benzene rings is 1. The number of hydrogen-bond donors (Lipinski definition) is 1. The standard InChI is InChI=1S/C10H12ClNO2/c1-7(10(12)13)14-6-8-4-2-3-5-9(8)11/h2-5,7H,6H2,1H3,(H2,12,13). The second kappa shape index (κ2) is 4.98. The Hall–Kier alpha value is -1.06. The van der Waals surface area contributed by atoms with Crippen LogP contribution in [-0.2, 0) is 16.1 Å². The first-order valence-electron chi connectivity index (χ1n) is 4.25. The van der Waals surface area contributed by atoms with Gasteiger partial charge in [-0.15, -0.1) is 0 Å². The van der Waals surface area contributed by atoms with Gasteiger partial charge in [0, 0.05) is 5.02 Å². The summed E-state index contributed by atoms with van der Waals surface area (Å²) in [6, 6.07) is 7.31. The van der Waals surface area contributed by atoms with Crippen molar-refractivity contribution in [1.29, 1.82) is 0 Å². The van der Waals surface area contributed by atoms with Gasteiger partial charge in [-0.2, -0.15) is 0 Å². The van der Waals surface area contributed by atoms with Crippen LogP contribution in [0, 0.1) is 0 Å². The van der Waals surface area contributed by atoms with E-state index in [9.17, 15) is 4.79 Å². The molecule has 1 amide bonds. The van der Waals surface area contributed by atoms with E-state index >= 15 is 0 Å². The lowest BCUT2D eigenvalue weighted by molar-refractivity contribution is -0.129. The van der Waals surface area contributed by atoms with Crippen molar-refractivity contribution in [2.24, 2.45) is 5.73 Å². The second-order valence-electron chi connectivity index (χ2n) is 2.95. The van der Waals surface area contributed by atoms with E-state index in [4.69, 9.17) is 22.1 Å². The lowest BCUT2D eigenvalue weighted by atomic mass is 10.2. The van der Waals surface area contributed by atoms with Gasteiger partial charge < -0.3 is 10.5 Å². The van der Waals surface area contributed by atoms with Gasteiger partial charge in [-0.1, -0.05) is 29.8 Å². The largest absolute Gasteiger partial charge is 0.367 e. The molecule has 14 heavy (non-hydrogen) atoms. The predicted molar refractivity (Wildman–Crippen MR) is 54.9 cm³/mol. The SMILES string of the molecule is CC(OCc1ccccc1Cl)C(N)=O. The molecule has 0 aliphatic carbocycles. The topological polar surface area (TPSA) is 52.3 Å². The fourth-order valence-corrected chi connectivity index (χ4v) is 1.10. The van der Waals surface area contributed by atoms with Crippen molar-refractivity contribution in [3.05, 3.63) is 34.9 Å². The third-order valence-corrected chi connectivity index (χ3v) is 2.22. The Kier molecular flexibility index (Phi) is 3.92. The van der Waals surface area contributed by atoms with Gasteiger partial charge in [0.25, 0.3) is 0 Å². The van der Waals surface area contributed by atoms with E-state index in [1.807, 2.05) is 18.2 Å². The molecule has 0 bridgehead atoms. The van der Waals surface area contributed by atoms with E-state index in [0.29, 0.717) is 11.6 Å². The molecule has 0 radical (unpaired) electrons. The number of halogens is 1. The Balaban J connectivity index is 2.54. The molecule has 0 heterocycles. The highest BCUT2D eigenvalue weighted by molar-refractivity contribution is 6.31. The molecule has 0 saturated heterocycles. The molecule has 3 nitrogen and oxygen atoms in total. The molecular weight excluding hydrogens is 202 g/mol. The van der Waals surface area contributed by atoms with Crippen molar-refractivity contribution >= 4 is 17.5 Å². The second-order valence-corrected chi connectivity index (χ2v) is 3.35. The van der Waals surface area contributed by atoms with E-state index in [0.717, 1.165) is 5.56 Å². The maximum atomic E-state index is 10.7. The summed E-state index contributed by atoms with van der Waals surface area (Å²) in [7, 11) is 0. The first kappa shape index (κ1) is 11.0. The number of primary amides is 1. The molecule has 2 N–H and O–H groups in total. The summed E-state index contributed by atoms with van der Waals surface area (Å²) < 4.78 is 5.21. The highest BCUT2D eigenvalue weighted by Gasteiger charge is 2.09. The summed E-state index contributed by atoms with van der Waals surface area (Å²) in [6.45, 7) is 1.91. The van der Waals surface area contributed by atoms with Crippen LogP contribution in [0.25, 0.3) is 0 Å². The van der Waals surface area contributed by atoms with Crippen LogP contribution in [0.15, 0.2) is 24.3 Å². The molecular formula is C10H12ClNO2. The summed E-state index contributed by atoms with van der Waals surface area (Å²) >= 11 is 5.89. The van der Waals surface area contributed by atoms with Crippen molar-refractivity contribution in [2.45, 2.75) is 19.6 Å². The van der Waals surface area contributed by atoms with Gasteiger partial charge >= 0.3 is 0 Å². The van der Waals surface area contributed by atoms with Gasteiger partial charge in [0.1, 0.15) is 6.10 Å². The first-order valence-corrected chi connectivity index (χ1v) is 4.63. The van der Waals surface area contributed by atoms with E-state index in [2.05, 4.69) is 0 Å². The smallest absolute Gasteiger partial charge is 0.246 e. The zero-order valence-corrected chi connectivity index (χ0v) is 8.62. The number of carbonyl (C=O) groups is 1. The Morgan fingerprint density at radius 2 is 2.21 bits per heavy atom. The monoisotopic (exact) mass is 213 g/mol. The number of nitrogens with two attached hydrogens (primary N) is 1. The average Bonchev–Trinajstić information content (AvgIpc) is 2.16. The molecule has 0 aromatic heterocycles. The minimum atomic E-state index is -0.591. The number of hydrogen-bond acceptors (Lipinski definition) is 2. The third kappa shape index (κ3) is 3.01. The van der Waals surface area contributed by atoms with Crippen molar-refractivity contribution in [1.82, 2.24) is 0 Å². The molecule has 76 valence electrons. The van der Waals surface area contributed by atoms with Crippen LogP contribution in [0.1, 0.15) is 12.5 Å². The Bertz CT molecular complexity index is 328. The molecule has 0 spiro atoms. The van der Waals surface area contributed by atoms with Gasteiger partial charge in [-0.05, 0) is 18.6 Å². The number of amides is 1. The molecule has 1 atom stereocenters. The molecule has 1 unspecified atom stereocenters. The zero-order valence-electron chi connectivity index (χ0n) is 7.87. The van der Waals surface area contributed by atoms with Gasteiger partial charge in [-0.3, -0.25) is 4.79 Å². The highest BCUT2D eigenvalue weighted by atomic mass is 35.5. The van der Waals surface area contributed by atoms with Crippen LogP contribution >= 0.6 is 11.6 Å². The lowest BCUT2D eigenvalue weighted by Crippen LogP contribution is -2.28. The van der Waals surface area contributed by atoms with Crippen LogP contribution in [0.3, 0.4) is 0 Å². The van der Waals surface area contributed by atoms with Crippen LogP contribution in [-0.4, -0.2) is 12.0 Å². The molecule has 1 aromatic rings. The Labute approximate surface area is 87.8 Å². The van der Waals surface area contributed by atoms with E-state index in [1.165, 1.54) is 0 Å². The first-order chi connectivity index (χ1) is 6.61. The van der Waals surface area contributed by atoms with Crippen LogP contribution in [0.2, 0.25) is 5.02 Å². The average molecular weight is 214 g/mol. The number of carbonyl (C=O) groups excluding carboxylic acids is 1. The fraction of sp³-hybridized carbons (Fsp3) is 0.300. The van der Waals surface area contributed by atoms with Crippen LogP contribution in [0.4, 0.5) is 0 Å². The fourth-order valence-electron chi connectivity index (χ4n) is 0.912. The minimum Gasteiger partial charge on any atom is -0.367 e. The third-order valence-electron chi connectivity index (χ3n) is 1.85. The Morgan fingerprint density at radius 3 is 2.79 bits per heavy atom. The maximum Gasteiger partial charge on any atom is 0.246 e. The minimum absolute atomic E-state index is 0.295. The molecule has 1 rings (SSSR count). The lowest BCUT2D eigenvalue weighted by Gasteiger charge is -2.09. The zero-order chi connectivity index (χ0) is 10.6. The van der Waals surface area contributed by atoms with Crippen molar-refractivity contribution in [2.75, 3.05) is 0 Å². The highest BCUT2D eigenvalue weighted by Crippen LogP contribution is 2.16. The van der Waals surface area contributed by atoms with Crippen LogP contribution in [0.5, 0.6) is 0 Å². The molecule has 4 heteroatoms. The number of rotatable bonds is 4. The van der Waals surface area contributed by atoms with E-state index in [1.54, 1.807) is 13.0 Å². The summed E-state index contributed by atoms with van der Waals surface area (Å²) in [5.74, 6) is -0.475. The molecule has 0 aliphatic rings. The normalized spacial score (nSPS) is 12.4. The van der Waals surface area contributed by atoms with Crippen molar-refractivity contribution in [3.63, 3.8) is 0 Å². The summed E-state index contributed by atoms with van der Waals surface area (Å²) in [4.78, 5) is 10.7.